The highest BCUT2D eigenvalue weighted by atomic mass is 32.1. The second-order valence-electron chi connectivity index (χ2n) is 5.65. The number of carbonyl (C=O) groups excluding carboxylic acids is 1. The van der Waals surface area contributed by atoms with Gasteiger partial charge in [0.2, 0.25) is 0 Å². The number of rotatable bonds is 8. The normalized spacial score (nSPS) is 10.3. The zero-order chi connectivity index (χ0) is 20.4. The van der Waals surface area contributed by atoms with Crippen molar-refractivity contribution in [1.29, 1.82) is 0 Å². The van der Waals surface area contributed by atoms with Gasteiger partial charge in [-0.2, -0.15) is 10.2 Å². The first-order chi connectivity index (χ1) is 13.5. The van der Waals surface area contributed by atoms with Crippen LogP contribution in [0.25, 0.3) is 0 Å². The number of azo groups is 1. The standard InChI is InChI=1S/C19H19N5O3S/c1-13(2)18(25)27-12-11-20-19(28)21-14-3-5-15(6-4-14)22-23-16-7-9-17(24-26)10-8-16/h3-10H,1,11-12H2,2H3,(H2,20,21,28)/b23-22+. The van der Waals surface area contributed by atoms with Crippen molar-refractivity contribution < 1.29 is 9.53 Å². The van der Waals surface area contributed by atoms with Crippen LogP contribution in [-0.2, 0) is 9.53 Å². The molecule has 144 valence electrons. The van der Waals surface area contributed by atoms with Gasteiger partial charge in [-0.3, -0.25) is 0 Å². The molecule has 0 amide bonds. The van der Waals surface area contributed by atoms with Crippen LogP contribution in [0.2, 0.25) is 0 Å². The third kappa shape index (κ3) is 7.04. The summed E-state index contributed by atoms with van der Waals surface area (Å²) in [6.45, 7) is 5.67. The lowest BCUT2D eigenvalue weighted by Gasteiger charge is -2.11. The highest BCUT2D eigenvalue weighted by molar-refractivity contribution is 7.80. The second-order valence-corrected chi connectivity index (χ2v) is 6.06. The number of esters is 1. The van der Waals surface area contributed by atoms with Crippen molar-refractivity contribution in [1.82, 2.24) is 5.32 Å². The van der Waals surface area contributed by atoms with E-state index in [0.29, 0.717) is 34.3 Å². The second kappa shape index (κ2) is 10.6. The predicted molar refractivity (Wildman–Crippen MR) is 113 cm³/mol. The molecule has 0 aliphatic rings. The monoisotopic (exact) mass is 397 g/mol. The van der Waals surface area contributed by atoms with E-state index in [9.17, 15) is 9.70 Å². The molecule has 28 heavy (non-hydrogen) atoms. The molecule has 0 spiro atoms. The minimum atomic E-state index is -0.429. The molecule has 0 fully saturated rings. The number of benzene rings is 2. The van der Waals surface area contributed by atoms with Gasteiger partial charge in [0.05, 0.1) is 17.9 Å². The first-order valence-electron chi connectivity index (χ1n) is 8.30. The molecule has 0 heterocycles. The fourth-order valence-electron chi connectivity index (χ4n) is 1.91. The molecule has 0 radical (unpaired) electrons. The highest BCUT2D eigenvalue weighted by Gasteiger charge is 2.03. The van der Waals surface area contributed by atoms with E-state index in [1.54, 1.807) is 43.3 Å². The van der Waals surface area contributed by atoms with Crippen LogP contribution in [0.4, 0.5) is 22.7 Å². The van der Waals surface area contributed by atoms with Crippen LogP contribution in [0.5, 0.6) is 0 Å². The fraction of sp³-hybridized carbons (Fsp3) is 0.158. The third-order valence-electron chi connectivity index (χ3n) is 3.33. The van der Waals surface area contributed by atoms with Gasteiger partial charge in [0.25, 0.3) is 0 Å². The molecule has 0 aliphatic carbocycles. The Bertz CT molecular complexity index is 879. The van der Waals surface area contributed by atoms with Crippen LogP contribution in [0.3, 0.4) is 0 Å². The van der Waals surface area contributed by atoms with E-state index in [1.165, 1.54) is 0 Å². The number of carbonyl (C=O) groups is 1. The van der Waals surface area contributed by atoms with Gasteiger partial charge in [0.1, 0.15) is 12.3 Å². The largest absolute Gasteiger partial charge is 0.460 e. The lowest BCUT2D eigenvalue weighted by Crippen LogP contribution is -2.31. The molecule has 2 N–H and O–H groups in total. The van der Waals surface area contributed by atoms with E-state index in [4.69, 9.17) is 17.0 Å². The average molecular weight is 397 g/mol. The Morgan fingerprint density at radius 1 is 1.04 bits per heavy atom. The summed E-state index contributed by atoms with van der Waals surface area (Å²) in [7, 11) is 0. The van der Waals surface area contributed by atoms with Gasteiger partial charge >= 0.3 is 5.97 Å². The van der Waals surface area contributed by atoms with Crippen LogP contribution < -0.4 is 10.6 Å². The number of nitrogens with one attached hydrogen (secondary N) is 2. The average Bonchev–Trinajstić information content (AvgIpc) is 2.70. The topological polar surface area (TPSA) is 105 Å². The minimum absolute atomic E-state index is 0.191. The van der Waals surface area contributed by atoms with Crippen molar-refractivity contribution >= 4 is 46.0 Å². The number of nitroso groups, excluding NO2 is 1. The SMILES string of the molecule is C=C(C)C(=O)OCCNC(=S)Nc1ccc(/N=N/c2ccc(N=O)cc2)cc1. The molecule has 2 rings (SSSR count). The predicted octanol–water partition coefficient (Wildman–Crippen LogP) is 4.91. The maximum atomic E-state index is 11.3. The highest BCUT2D eigenvalue weighted by Crippen LogP contribution is 2.22. The van der Waals surface area contributed by atoms with Crippen LogP contribution >= 0.6 is 12.2 Å². The molecule has 0 saturated heterocycles. The molecule has 0 aliphatic heterocycles. The number of hydrogen-bond acceptors (Lipinski definition) is 7. The minimum Gasteiger partial charge on any atom is -0.460 e. The maximum absolute atomic E-state index is 11.3. The number of anilines is 1. The van der Waals surface area contributed by atoms with Gasteiger partial charge < -0.3 is 15.4 Å². The number of ether oxygens (including phenoxy) is 1. The lowest BCUT2D eigenvalue weighted by molar-refractivity contribution is -0.138. The first kappa shape index (κ1) is 20.8. The van der Waals surface area contributed by atoms with Gasteiger partial charge in [-0.15, -0.1) is 4.91 Å². The van der Waals surface area contributed by atoms with Gasteiger partial charge in [0.15, 0.2) is 5.11 Å². The molecule has 0 unspecified atom stereocenters. The molecule has 2 aromatic rings. The van der Waals surface area contributed by atoms with Gasteiger partial charge in [-0.05, 0) is 72.8 Å². The Morgan fingerprint density at radius 3 is 2.11 bits per heavy atom. The molecule has 0 aromatic heterocycles. The zero-order valence-electron chi connectivity index (χ0n) is 15.2. The molecular formula is C19H19N5O3S. The summed E-state index contributed by atoms with van der Waals surface area (Å²) in [5, 5.41) is 17.4. The Balaban J connectivity index is 1.79. The van der Waals surface area contributed by atoms with Crippen LogP contribution in [0, 0.1) is 4.91 Å². The molecule has 2 aromatic carbocycles. The van der Waals surface area contributed by atoms with Crippen molar-refractivity contribution in [3.63, 3.8) is 0 Å². The maximum Gasteiger partial charge on any atom is 0.333 e. The Hall–Kier alpha value is -3.46. The van der Waals surface area contributed by atoms with Gasteiger partial charge in [-0.25, -0.2) is 4.79 Å². The zero-order valence-corrected chi connectivity index (χ0v) is 16.0. The summed E-state index contributed by atoms with van der Waals surface area (Å²) >= 11 is 5.18. The van der Waals surface area contributed by atoms with Crippen molar-refractivity contribution in [2.75, 3.05) is 18.5 Å². The van der Waals surface area contributed by atoms with E-state index in [1.807, 2.05) is 12.1 Å². The number of hydrogen-bond donors (Lipinski definition) is 2. The molecule has 9 heteroatoms. The Morgan fingerprint density at radius 2 is 1.57 bits per heavy atom. The molecule has 8 nitrogen and oxygen atoms in total. The van der Waals surface area contributed by atoms with E-state index < -0.39 is 5.97 Å². The molecule has 0 atom stereocenters. The smallest absolute Gasteiger partial charge is 0.333 e. The van der Waals surface area contributed by atoms with Crippen molar-refractivity contribution in [3.05, 3.63) is 65.6 Å². The summed E-state index contributed by atoms with van der Waals surface area (Å²) in [6, 6.07) is 13.6. The summed E-state index contributed by atoms with van der Waals surface area (Å²) < 4.78 is 4.96. The quantitative estimate of drug-likeness (QED) is 0.164. The summed E-state index contributed by atoms with van der Waals surface area (Å²) in [4.78, 5) is 21.6. The van der Waals surface area contributed by atoms with Crippen LogP contribution in [0.1, 0.15) is 6.92 Å². The van der Waals surface area contributed by atoms with Crippen LogP contribution in [-0.4, -0.2) is 24.2 Å². The van der Waals surface area contributed by atoms with Crippen LogP contribution in [0.15, 0.2) is 76.1 Å². The third-order valence-corrected chi connectivity index (χ3v) is 3.58. The van der Waals surface area contributed by atoms with E-state index in [2.05, 4.69) is 32.6 Å². The van der Waals surface area contributed by atoms with E-state index in [0.717, 1.165) is 5.69 Å². The number of thiocarbonyl (C=S) groups is 1. The van der Waals surface area contributed by atoms with Gasteiger partial charge in [0, 0.05) is 11.3 Å². The molecule has 0 bridgehead atoms. The first-order valence-corrected chi connectivity index (χ1v) is 8.71. The number of nitrogens with zero attached hydrogens (tertiary/aromatic N) is 3. The van der Waals surface area contributed by atoms with E-state index >= 15 is 0 Å². The summed E-state index contributed by atoms with van der Waals surface area (Å²) in [5.41, 5.74) is 2.75. The van der Waals surface area contributed by atoms with Crippen molar-refractivity contribution in [3.8, 4) is 0 Å². The van der Waals surface area contributed by atoms with E-state index in [-0.39, 0.29) is 6.61 Å². The summed E-state index contributed by atoms with van der Waals surface area (Å²) in [5.74, 6) is -0.429. The van der Waals surface area contributed by atoms with Crippen molar-refractivity contribution in [2.45, 2.75) is 6.92 Å². The summed E-state index contributed by atoms with van der Waals surface area (Å²) in [6.07, 6.45) is 0. The molecule has 0 saturated carbocycles. The van der Waals surface area contributed by atoms with Gasteiger partial charge in [-0.1, -0.05) is 6.58 Å². The fourth-order valence-corrected chi connectivity index (χ4v) is 2.13. The molecular weight excluding hydrogens is 378 g/mol. The van der Waals surface area contributed by atoms with Crippen molar-refractivity contribution in [2.24, 2.45) is 15.4 Å². The lowest BCUT2D eigenvalue weighted by atomic mass is 10.3. The Kier molecular flexibility index (Phi) is 7.92. The Labute approximate surface area is 167 Å².